The molecule has 0 aromatic heterocycles. The molecule has 0 N–H and O–H groups in total. The van der Waals surface area contributed by atoms with Gasteiger partial charge < -0.3 is 9.47 Å². The highest BCUT2D eigenvalue weighted by molar-refractivity contribution is 5.88. The topological polar surface area (TPSA) is 52.6 Å². The van der Waals surface area contributed by atoms with Crippen molar-refractivity contribution in [2.45, 2.75) is 45.3 Å². The highest BCUT2D eigenvalue weighted by atomic mass is 16.5. The molecule has 0 aliphatic heterocycles. The second-order valence-electron chi connectivity index (χ2n) is 5.77. The van der Waals surface area contributed by atoms with Crippen LogP contribution >= 0.6 is 0 Å². The number of carbonyl (C=O) groups is 2. The highest BCUT2D eigenvalue weighted by Gasteiger charge is 2.06. The molecule has 4 heteroatoms. The zero-order valence-corrected chi connectivity index (χ0v) is 14.4. The lowest BCUT2D eigenvalue weighted by atomic mass is 9.99. The van der Waals surface area contributed by atoms with Crippen LogP contribution in [0.4, 0.5) is 0 Å². The fourth-order valence-electron chi connectivity index (χ4n) is 2.35. The number of hydrogen-bond donors (Lipinski definition) is 0. The molecule has 0 unspecified atom stereocenters. The van der Waals surface area contributed by atoms with Gasteiger partial charge in [0, 0.05) is 12.0 Å². The summed E-state index contributed by atoms with van der Waals surface area (Å²) in [5, 5.41) is 0. The Morgan fingerprint density at radius 3 is 2.76 bits per heavy atom. The molecular weight excluding hydrogens is 316 g/mol. The van der Waals surface area contributed by atoms with Crippen molar-refractivity contribution in [1.29, 1.82) is 0 Å². The van der Waals surface area contributed by atoms with E-state index < -0.39 is 18.0 Å². The van der Waals surface area contributed by atoms with Crippen LogP contribution in [0.15, 0.2) is 54.1 Å². The van der Waals surface area contributed by atoms with E-state index in [0.29, 0.717) is 0 Å². The maximum atomic E-state index is 11.7. The van der Waals surface area contributed by atoms with E-state index in [0.717, 1.165) is 30.4 Å². The number of hydrogen-bond acceptors (Lipinski definition) is 4. The number of ether oxygens (including phenoxy) is 2. The van der Waals surface area contributed by atoms with Crippen LogP contribution in [0.2, 0.25) is 0 Å². The average Bonchev–Trinajstić information content (AvgIpc) is 2.65. The molecule has 0 fully saturated rings. The molecule has 0 spiro atoms. The molecule has 0 radical (unpaired) electrons. The Labute approximate surface area is 148 Å². The van der Waals surface area contributed by atoms with Gasteiger partial charge in [-0.05, 0) is 44.1 Å². The lowest BCUT2D eigenvalue weighted by Gasteiger charge is -2.08. The molecule has 4 nitrogen and oxygen atoms in total. The van der Waals surface area contributed by atoms with Crippen LogP contribution < -0.4 is 0 Å². The summed E-state index contributed by atoms with van der Waals surface area (Å²) < 4.78 is 10.2. The zero-order chi connectivity index (χ0) is 17.9. The fourth-order valence-corrected chi connectivity index (χ4v) is 2.35. The number of carbonyl (C=O) groups excluding carboxylic acids is 2. The summed E-state index contributed by atoms with van der Waals surface area (Å²) in [4.78, 5) is 23.3. The molecule has 2 rings (SSSR count). The van der Waals surface area contributed by atoms with E-state index in [1.54, 1.807) is 13.0 Å². The lowest BCUT2D eigenvalue weighted by Crippen LogP contribution is -2.12. The first kappa shape index (κ1) is 18.5. The van der Waals surface area contributed by atoms with Gasteiger partial charge in [0.15, 0.2) is 6.10 Å². The van der Waals surface area contributed by atoms with Crippen molar-refractivity contribution in [1.82, 2.24) is 0 Å². The number of benzene rings is 1. The van der Waals surface area contributed by atoms with Gasteiger partial charge >= 0.3 is 11.9 Å². The third kappa shape index (κ3) is 7.54. The van der Waals surface area contributed by atoms with Crippen LogP contribution in [-0.4, -0.2) is 18.0 Å². The molecule has 1 aliphatic rings. The van der Waals surface area contributed by atoms with Crippen molar-refractivity contribution in [3.05, 3.63) is 59.7 Å². The average molecular weight is 338 g/mol. The fraction of sp³-hybridized carbons (Fsp3) is 0.333. The largest absolute Gasteiger partial charge is 0.451 e. The van der Waals surface area contributed by atoms with Crippen molar-refractivity contribution in [2.24, 2.45) is 0 Å². The quantitative estimate of drug-likeness (QED) is 0.355. The van der Waals surface area contributed by atoms with E-state index in [1.165, 1.54) is 12.5 Å². The van der Waals surface area contributed by atoms with Crippen LogP contribution in [0.5, 0.6) is 0 Å². The maximum absolute atomic E-state index is 11.7. The summed E-state index contributed by atoms with van der Waals surface area (Å²) in [6, 6.07) is 9.35. The van der Waals surface area contributed by atoms with Crippen molar-refractivity contribution in [3.8, 4) is 11.8 Å². The molecule has 0 heterocycles. The molecule has 0 saturated heterocycles. The van der Waals surface area contributed by atoms with Gasteiger partial charge in [-0.3, -0.25) is 0 Å². The van der Waals surface area contributed by atoms with Crippen LogP contribution in [-0.2, 0) is 25.7 Å². The van der Waals surface area contributed by atoms with Gasteiger partial charge in [0.2, 0.25) is 0 Å². The molecule has 1 aromatic carbocycles. The highest BCUT2D eigenvalue weighted by Crippen LogP contribution is 2.18. The Bertz CT molecular complexity index is 704. The Morgan fingerprint density at radius 2 is 2.04 bits per heavy atom. The maximum Gasteiger partial charge on any atom is 0.384 e. The first-order chi connectivity index (χ1) is 12.1. The summed E-state index contributed by atoms with van der Waals surface area (Å²) in [5.74, 6) is 3.80. The Balaban J connectivity index is 1.73. The van der Waals surface area contributed by atoms with Crippen LogP contribution in [0.1, 0.15) is 38.2 Å². The van der Waals surface area contributed by atoms with Crippen LogP contribution in [0, 0.1) is 11.8 Å². The SMILES string of the molecule is C[C@H](C#CC(=O)OCc1ccccc1)OC(=O)/C=C/C1=CCCCC1. The number of allylic oxidation sites excluding steroid dienone is 3. The smallest absolute Gasteiger partial charge is 0.384 e. The minimum Gasteiger partial charge on any atom is -0.451 e. The monoisotopic (exact) mass is 338 g/mol. The van der Waals surface area contributed by atoms with E-state index in [9.17, 15) is 9.59 Å². The normalized spacial score (nSPS) is 14.8. The number of rotatable bonds is 5. The van der Waals surface area contributed by atoms with Gasteiger partial charge in [-0.15, -0.1) is 0 Å². The Hall–Kier alpha value is -2.80. The molecule has 1 aromatic rings. The molecule has 1 atom stereocenters. The van der Waals surface area contributed by atoms with Crippen LogP contribution in [0.25, 0.3) is 0 Å². The van der Waals surface area contributed by atoms with E-state index >= 15 is 0 Å². The van der Waals surface area contributed by atoms with Crippen molar-refractivity contribution >= 4 is 11.9 Å². The van der Waals surface area contributed by atoms with Gasteiger partial charge in [-0.25, -0.2) is 9.59 Å². The summed E-state index contributed by atoms with van der Waals surface area (Å²) in [7, 11) is 0. The zero-order valence-electron chi connectivity index (χ0n) is 14.4. The van der Waals surface area contributed by atoms with Gasteiger partial charge in [0.1, 0.15) is 6.61 Å². The first-order valence-corrected chi connectivity index (χ1v) is 8.43. The van der Waals surface area contributed by atoms with E-state index in [-0.39, 0.29) is 6.61 Å². The molecule has 0 amide bonds. The van der Waals surface area contributed by atoms with Crippen LogP contribution in [0.3, 0.4) is 0 Å². The van der Waals surface area contributed by atoms with E-state index in [4.69, 9.17) is 9.47 Å². The third-order valence-electron chi connectivity index (χ3n) is 3.64. The van der Waals surface area contributed by atoms with Crippen molar-refractivity contribution < 1.29 is 19.1 Å². The third-order valence-corrected chi connectivity index (χ3v) is 3.64. The summed E-state index contributed by atoms with van der Waals surface area (Å²) in [6.07, 6.45) is 9.06. The second-order valence-corrected chi connectivity index (χ2v) is 5.77. The molecule has 0 saturated carbocycles. The van der Waals surface area contributed by atoms with E-state index in [1.807, 2.05) is 30.3 Å². The molecule has 0 bridgehead atoms. The van der Waals surface area contributed by atoms with Gasteiger partial charge in [0.25, 0.3) is 0 Å². The minimum absolute atomic E-state index is 0.167. The minimum atomic E-state index is -0.679. The summed E-state index contributed by atoms with van der Waals surface area (Å²) in [6.45, 7) is 1.78. The number of esters is 2. The van der Waals surface area contributed by atoms with Crippen molar-refractivity contribution in [2.75, 3.05) is 0 Å². The molecule has 1 aliphatic carbocycles. The van der Waals surface area contributed by atoms with E-state index in [2.05, 4.69) is 17.9 Å². The van der Waals surface area contributed by atoms with Gasteiger partial charge in [-0.2, -0.15) is 0 Å². The second kappa shape index (κ2) is 10.1. The van der Waals surface area contributed by atoms with Gasteiger partial charge in [-0.1, -0.05) is 48.1 Å². The molecular formula is C21H22O4. The van der Waals surface area contributed by atoms with Gasteiger partial charge in [0.05, 0.1) is 0 Å². The predicted octanol–water partition coefficient (Wildman–Crippen LogP) is 3.72. The standard InChI is InChI=1S/C21H22O4/c1-17(25-21(23)15-13-18-8-4-2-5-9-18)12-14-20(22)24-16-19-10-6-3-7-11-19/h3,6-8,10-11,13,15,17H,2,4-5,9,16H2,1H3/b15-13+/t17-/m1/s1. The van der Waals surface area contributed by atoms with Crippen molar-refractivity contribution in [3.63, 3.8) is 0 Å². The predicted molar refractivity (Wildman–Crippen MR) is 95.3 cm³/mol. The first-order valence-electron chi connectivity index (χ1n) is 8.43. The Kier molecular flexibility index (Phi) is 7.52. The molecule has 130 valence electrons. The summed E-state index contributed by atoms with van der Waals surface area (Å²) >= 11 is 0. The lowest BCUT2D eigenvalue weighted by molar-refractivity contribution is -0.140. The summed E-state index contributed by atoms with van der Waals surface area (Å²) in [5.41, 5.74) is 2.05. The molecule has 25 heavy (non-hydrogen) atoms. The Morgan fingerprint density at radius 1 is 1.24 bits per heavy atom.